The summed E-state index contributed by atoms with van der Waals surface area (Å²) in [7, 11) is 2.92. The number of rotatable bonds is 14. The molecule has 8 heterocycles. The largest absolute Gasteiger partial charge is 0.459 e. The Bertz CT molecular complexity index is 3270. The average molecular weight is 1350 g/mol. The van der Waals surface area contributed by atoms with Crippen molar-refractivity contribution in [3.8, 4) is 0 Å². The predicted molar refractivity (Wildman–Crippen MR) is 349 cm³/mol. The molecule has 8 fully saturated rings. The van der Waals surface area contributed by atoms with Crippen molar-refractivity contribution in [1.29, 1.82) is 0 Å². The van der Waals surface area contributed by atoms with Crippen molar-refractivity contribution in [2.45, 2.75) is 178 Å². The van der Waals surface area contributed by atoms with Crippen molar-refractivity contribution >= 4 is 41.7 Å². The van der Waals surface area contributed by atoms with Gasteiger partial charge in [0.1, 0.15) is 60.0 Å². The first-order chi connectivity index (χ1) is 46.4. The molecule has 530 valence electrons. The molecule has 14 aliphatic rings. The minimum atomic E-state index is -1.04. The summed E-state index contributed by atoms with van der Waals surface area (Å²) in [6, 6.07) is 0. The van der Waals surface area contributed by atoms with Crippen LogP contribution in [0.1, 0.15) is 93.9 Å². The van der Waals surface area contributed by atoms with Crippen molar-refractivity contribution in [3.05, 3.63) is 95.2 Å². The van der Waals surface area contributed by atoms with Crippen LogP contribution in [0.5, 0.6) is 0 Å². The quantitative estimate of drug-likeness (QED) is 0.0746. The SMILES string of the molecule is CO[C@H]1C[C@H]2C=CC3C4[C@H](O)[C@@H](C)[C@@H](OC(=O)C5=CC=CC5)[C@@H]3O[C@]42/C(C)=C/[C@@H](C)[C@@H]([C@@H](C)OC(=O)C(=O)N2CCOCC2)OC1=O.CO[C@H]1C[C@H]2C=C[C@H]3[C@H]4O[C@]2(/C(C)=C/[C@@H](C)[C@@H]([C@@H](C)OC(=O)CCC[N+]25CCN(CC2)CC5)OC1=O)[C@@H]3[C@H](O)[C@@H](C)[C@H]4OC(=O)C1=CC=CC1. The number of methoxy groups -OCH3 is 2. The van der Waals surface area contributed by atoms with E-state index < -0.39 is 126 Å². The van der Waals surface area contributed by atoms with E-state index in [0.717, 1.165) is 67.9 Å². The highest BCUT2D eigenvalue weighted by Gasteiger charge is 2.71. The molecule has 10 bridgehead atoms. The summed E-state index contributed by atoms with van der Waals surface area (Å²) < 4.78 is 67.7. The van der Waals surface area contributed by atoms with Crippen molar-refractivity contribution in [2.75, 3.05) is 86.3 Å². The molecule has 0 aromatic rings. The number of hydrogen-bond acceptors (Lipinski definition) is 21. The Kier molecular flexibility index (Phi) is 21.0. The molecule has 0 aromatic carbocycles. The summed E-state index contributed by atoms with van der Waals surface area (Å²) in [6.45, 7) is 24.0. The van der Waals surface area contributed by atoms with E-state index in [0.29, 0.717) is 43.6 Å². The fraction of sp³-hybridized carbons (Fsp3) is 0.689. The van der Waals surface area contributed by atoms with Crippen LogP contribution in [0.2, 0.25) is 0 Å². The van der Waals surface area contributed by atoms with Crippen LogP contribution in [-0.2, 0) is 85.7 Å². The number of morpholine rings is 1. The number of nitrogens with zero attached hydrogens (tertiary/aromatic N) is 3. The number of quaternary nitrogens is 1. The van der Waals surface area contributed by atoms with Gasteiger partial charge in [0.05, 0.1) is 58.0 Å². The maximum Gasteiger partial charge on any atom is 0.397 e. The van der Waals surface area contributed by atoms with Gasteiger partial charge in [-0.25, -0.2) is 24.0 Å². The normalized spacial score (nSPS) is 43.0. The zero-order chi connectivity index (χ0) is 69.0. The predicted octanol–water partition coefficient (Wildman–Crippen LogP) is 5.18. The third kappa shape index (κ3) is 13.2. The fourth-order valence-electron chi connectivity index (χ4n) is 18.7. The molecule has 0 radical (unpaired) electrons. The summed E-state index contributed by atoms with van der Waals surface area (Å²) in [5.74, 6) is -7.48. The van der Waals surface area contributed by atoms with Crippen LogP contribution in [0.4, 0.5) is 0 Å². The van der Waals surface area contributed by atoms with Crippen molar-refractivity contribution < 1.29 is 100 Å². The van der Waals surface area contributed by atoms with Gasteiger partial charge in [0, 0.05) is 124 Å². The van der Waals surface area contributed by atoms with Gasteiger partial charge >= 0.3 is 41.7 Å². The monoisotopic (exact) mass is 1350 g/mol. The van der Waals surface area contributed by atoms with E-state index in [-0.39, 0.29) is 85.2 Å². The number of hydrogen-bond donors (Lipinski definition) is 2. The Hall–Kier alpha value is -6.15. The van der Waals surface area contributed by atoms with Crippen LogP contribution in [0.3, 0.4) is 0 Å². The Morgan fingerprint density at radius 1 is 0.649 bits per heavy atom. The second kappa shape index (κ2) is 28.8. The lowest BCUT2D eigenvalue weighted by atomic mass is 9.57. The minimum Gasteiger partial charge on any atom is -0.459 e. The molecule has 2 N–H and O–H groups in total. The average Bonchev–Trinajstić information content (AvgIpc) is 1.55. The molecule has 2 spiro atoms. The van der Waals surface area contributed by atoms with Crippen LogP contribution in [-0.4, -0.2) is 237 Å². The van der Waals surface area contributed by atoms with Crippen molar-refractivity contribution in [2.24, 2.45) is 59.2 Å². The Morgan fingerprint density at radius 2 is 1.10 bits per heavy atom. The molecule has 2 unspecified atom stereocenters. The number of allylic oxidation sites excluding steroid dienone is 6. The molecule has 6 saturated heterocycles. The summed E-state index contributed by atoms with van der Waals surface area (Å²) in [5, 5.41) is 23.9. The standard InChI is InChI=1S/C39H55N2O9.C35H45NO11/c1-23-21-24(2)39-28(12-13-29-32(39)33(43)25(3)35(36(29)50-39)49-37(44)27-9-6-7-10-27)22-30(46-5)38(45)48-34(23)26(4)47-31(42)11-8-17-41-18-14-40(15-19-41)16-20-41;1-18-16-19(2)35-23(10-11-24-26(35)27(37)20(3)29(30(24)47-35)46-32(39)22-8-6-7-9-22)17-25(42-5)33(40)45-28(18)21(4)44-34(41)31(38)36-12-14-43-15-13-36/h6-7,9,12-13,21,23,25-26,28-30,32-36,43H,8,10-11,14-20,22H2,1-5H3;6-8,10-11,16,18,20-21,23-30,37H,9,12-15,17H2,1-5H3/q+1;/b24-21+;19-16+/t23-,25-,26-,28-,29-,30+,32+,33-,34+,35-,36-,39+;18-,20-,21-,23-,24?,25+,26?,27-,28+,29-,30-,35+/m11/s1. The van der Waals surface area contributed by atoms with Gasteiger partial charge in [-0.3, -0.25) is 14.5 Å². The molecule has 0 aromatic heterocycles. The van der Waals surface area contributed by atoms with E-state index in [1.54, 1.807) is 26.0 Å². The maximum absolute atomic E-state index is 13.7. The first kappa shape index (κ1) is 70.7. The maximum atomic E-state index is 13.7. The molecular formula is C74H100N3O20+. The minimum absolute atomic E-state index is 0.185. The zero-order valence-corrected chi connectivity index (χ0v) is 57.7. The molecule has 2 saturated carbocycles. The zero-order valence-electron chi connectivity index (χ0n) is 57.7. The van der Waals surface area contributed by atoms with E-state index in [2.05, 4.69) is 23.1 Å². The third-order valence-corrected chi connectivity index (χ3v) is 24.0. The first-order valence-corrected chi connectivity index (χ1v) is 35.3. The number of carbonyl (C=O) groups is 7. The highest BCUT2D eigenvalue weighted by molar-refractivity contribution is 6.32. The number of ether oxygens (including phenoxy) is 11. The number of aliphatic hydroxyl groups is 2. The molecule has 23 nitrogen and oxygen atoms in total. The highest BCUT2D eigenvalue weighted by atomic mass is 16.6. The van der Waals surface area contributed by atoms with Gasteiger partial charge in [-0.05, 0) is 64.5 Å². The summed E-state index contributed by atoms with van der Waals surface area (Å²) in [4.78, 5) is 96.3. The van der Waals surface area contributed by atoms with Crippen LogP contribution in [0, 0.1) is 59.2 Å². The lowest BCUT2D eigenvalue weighted by Crippen LogP contribution is -2.67. The van der Waals surface area contributed by atoms with E-state index in [1.807, 2.05) is 84.1 Å². The first-order valence-electron chi connectivity index (χ1n) is 35.3. The second-order valence-corrected chi connectivity index (χ2v) is 29.6. The van der Waals surface area contributed by atoms with Gasteiger partial charge in [-0.2, -0.15) is 0 Å². The van der Waals surface area contributed by atoms with Gasteiger partial charge < -0.3 is 71.7 Å². The van der Waals surface area contributed by atoms with Crippen LogP contribution >= 0.6 is 0 Å². The number of aliphatic hydroxyl groups excluding tert-OH is 2. The Labute approximate surface area is 568 Å². The molecular weight excluding hydrogens is 1250 g/mol. The molecule has 1 amide bonds. The second-order valence-electron chi connectivity index (χ2n) is 29.6. The van der Waals surface area contributed by atoms with Crippen molar-refractivity contribution in [1.82, 2.24) is 9.80 Å². The molecule has 24 atom stereocenters. The van der Waals surface area contributed by atoms with Gasteiger partial charge in [-0.1, -0.05) is 101 Å². The summed E-state index contributed by atoms with van der Waals surface area (Å²) in [6.07, 6.45) is 16.4. The lowest BCUT2D eigenvalue weighted by Gasteiger charge is -2.50. The number of piperazine rings is 3. The number of fused-ring (bicyclic) bond motifs is 3. The number of amides is 1. The lowest BCUT2D eigenvalue weighted by molar-refractivity contribution is -0.941. The number of cyclic esters (lactones) is 2. The fourth-order valence-corrected chi connectivity index (χ4v) is 18.7. The summed E-state index contributed by atoms with van der Waals surface area (Å²) in [5.41, 5.74) is 0.863. The molecule has 8 aliphatic heterocycles. The van der Waals surface area contributed by atoms with Gasteiger partial charge in [0.25, 0.3) is 0 Å². The van der Waals surface area contributed by atoms with E-state index in [4.69, 9.17) is 52.1 Å². The van der Waals surface area contributed by atoms with Crippen LogP contribution in [0.15, 0.2) is 95.2 Å². The number of esters is 6. The molecule has 23 heteroatoms. The van der Waals surface area contributed by atoms with Gasteiger partial charge in [0.2, 0.25) is 0 Å². The van der Waals surface area contributed by atoms with E-state index in [1.165, 1.54) is 19.1 Å². The topological polar surface area (TPSA) is 268 Å². The summed E-state index contributed by atoms with van der Waals surface area (Å²) >= 11 is 0. The smallest absolute Gasteiger partial charge is 0.397 e. The number of carbonyl (C=O) groups excluding carboxylic acids is 7. The highest BCUT2D eigenvalue weighted by Crippen LogP contribution is 2.63. The Balaban J connectivity index is 0.000000185. The van der Waals surface area contributed by atoms with Crippen LogP contribution in [0.25, 0.3) is 0 Å². The molecule has 6 aliphatic carbocycles. The van der Waals surface area contributed by atoms with Crippen molar-refractivity contribution in [3.63, 3.8) is 0 Å². The van der Waals surface area contributed by atoms with E-state index >= 15 is 0 Å². The van der Waals surface area contributed by atoms with Gasteiger partial charge in [-0.15, -0.1) is 0 Å². The third-order valence-electron chi connectivity index (χ3n) is 24.0. The van der Waals surface area contributed by atoms with Gasteiger partial charge in [0.15, 0.2) is 12.2 Å². The van der Waals surface area contributed by atoms with Crippen LogP contribution < -0.4 is 0 Å². The molecule has 97 heavy (non-hydrogen) atoms. The van der Waals surface area contributed by atoms with E-state index in [9.17, 15) is 43.8 Å². The Morgan fingerprint density at radius 3 is 1.54 bits per heavy atom. The molecule has 14 rings (SSSR count).